The number of rotatable bonds is 7. The van der Waals surface area contributed by atoms with E-state index in [4.69, 9.17) is 0 Å². The van der Waals surface area contributed by atoms with Crippen LogP contribution in [0.4, 0.5) is 0 Å². The molecule has 1 heteroatoms. The SMILES string of the molecule is CCNC(CC)CCCCC(C)(C)C. The topological polar surface area (TPSA) is 12.0 Å². The molecule has 1 atom stereocenters. The summed E-state index contributed by atoms with van der Waals surface area (Å²) in [7, 11) is 0. The highest BCUT2D eigenvalue weighted by Gasteiger charge is 2.10. The maximum Gasteiger partial charge on any atom is 0.00643 e. The molecule has 86 valence electrons. The van der Waals surface area contributed by atoms with Crippen LogP contribution in [0.15, 0.2) is 0 Å². The van der Waals surface area contributed by atoms with Crippen molar-refractivity contribution in [2.24, 2.45) is 5.41 Å². The predicted molar refractivity (Wildman–Crippen MR) is 65.7 cm³/mol. The van der Waals surface area contributed by atoms with Crippen LogP contribution in [0.2, 0.25) is 0 Å². The summed E-state index contributed by atoms with van der Waals surface area (Å²) in [5.41, 5.74) is 0.514. The van der Waals surface area contributed by atoms with Crippen molar-refractivity contribution in [3.8, 4) is 0 Å². The minimum atomic E-state index is 0.514. The maximum absolute atomic E-state index is 3.53. The molecule has 1 unspecified atom stereocenters. The van der Waals surface area contributed by atoms with Gasteiger partial charge in [0.25, 0.3) is 0 Å². The molecule has 0 saturated carbocycles. The third-order valence-corrected chi connectivity index (χ3v) is 2.71. The Balaban J connectivity index is 3.42. The Kier molecular flexibility index (Phi) is 7.26. The van der Waals surface area contributed by atoms with Gasteiger partial charge in [-0.05, 0) is 31.2 Å². The molecule has 0 bridgehead atoms. The van der Waals surface area contributed by atoms with Crippen LogP contribution >= 0.6 is 0 Å². The average molecular weight is 199 g/mol. The van der Waals surface area contributed by atoms with Crippen molar-refractivity contribution in [1.82, 2.24) is 5.32 Å². The summed E-state index contributed by atoms with van der Waals surface area (Å²) in [6, 6.07) is 0.750. The highest BCUT2D eigenvalue weighted by atomic mass is 14.9. The molecule has 0 radical (unpaired) electrons. The summed E-state index contributed by atoms with van der Waals surface area (Å²) < 4.78 is 0. The fourth-order valence-corrected chi connectivity index (χ4v) is 1.79. The van der Waals surface area contributed by atoms with Crippen LogP contribution in [0.3, 0.4) is 0 Å². The van der Waals surface area contributed by atoms with Crippen molar-refractivity contribution in [2.45, 2.75) is 72.8 Å². The van der Waals surface area contributed by atoms with Gasteiger partial charge in [0.05, 0.1) is 0 Å². The summed E-state index contributed by atoms with van der Waals surface area (Å²) in [6.07, 6.45) is 6.73. The molecule has 0 fully saturated rings. The summed E-state index contributed by atoms with van der Waals surface area (Å²) in [6.45, 7) is 12.6. The molecular formula is C13H29N. The van der Waals surface area contributed by atoms with Gasteiger partial charge < -0.3 is 5.32 Å². The lowest BCUT2D eigenvalue weighted by atomic mass is 9.89. The van der Waals surface area contributed by atoms with E-state index in [1.165, 1.54) is 32.1 Å². The standard InChI is InChI=1S/C13H29N/c1-6-12(14-7-2)10-8-9-11-13(3,4)5/h12,14H,6-11H2,1-5H3. The molecule has 0 aromatic carbocycles. The summed E-state index contributed by atoms with van der Waals surface area (Å²) in [5.74, 6) is 0. The highest BCUT2D eigenvalue weighted by molar-refractivity contribution is 4.66. The zero-order valence-electron chi connectivity index (χ0n) is 10.8. The molecular weight excluding hydrogens is 170 g/mol. The van der Waals surface area contributed by atoms with Gasteiger partial charge in [0.1, 0.15) is 0 Å². The zero-order chi connectivity index (χ0) is 11.0. The number of hydrogen-bond acceptors (Lipinski definition) is 1. The first-order valence-electron chi connectivity index (χ1n) is 6.23. The highest BCUT2D eigenvalue weighted by Crippen LogP contribution is 2.22. The Hall–Kier alpha value is -0.0400. The van der Waals surface area contributed by atoms with E-state index in [1.54, 1.807) is 0 Å². The molecule has 0 heterocycles. The van der Waals surface area contributed by atoms with Gasteiger partial charge in [-0.2, -0.15) is 0 Å². The second-order valence-corrected chi connectivity index (χ2v) is 5.47. The first kappa shape index (κ1) is 14.0. The molecule has 0 aliphatic carbocycles. The largest absolute Gasteiger partial charge is 0.314 e. The molecule has 1 N–H and O–H groups in total. The first-order chi connectivity index (χ1) is 6.49. The van der Waals surface area contributed by atoms with Crippen LogP contribution < -0.4 is 5.32 Å². The van der Waals surface area contributed by atoms with Crippen molar-refractivity contribution >= 4 is 0 Å². The molecule has 0 aliphatic rings. The Bertz CT molecular complexity index is 124. The minimum absolute atomic E-state index is 0.514. The van der Waals surface area contributed by atoms with E-state index in [2.05, 4.69) is 39.9 Å². The summed E-state index contributed by atoms with van der Waals surface area (Å²) in [4.78, 5) is 0. The molecule has 0 amide bonds. The molecule has 0 aromatic heterocycles. The van der Waals surface area contributed by atoms with Crippen molar-refractivity contribution in [3.05, 3.63) is 0 Å². The van der Waals surface area contributed by atoms with Gasteiger partial charge in [0.15, 0.2) is 0 Å². The van der Waals surface area contributed by atoms with Crippen molar-refractivity contribution in [3.63, 3.8) is 0 Å². The monoisotopic (exact) mass is 199 g/mol. The molecule has 1 nitrogen and oxygen atoms in total. The van der Waals surface area contributed by atoms with Gasteiger partial charge in [-0.15, -0.1) is 0 Å². The third kappa shape index (κ3) is 8.55. The lowest BCUT2D eigenvalue weighted by molar-refractivity contribution is 0.348. The number of hydrogen-bond donors (Lipinski definition) is 1. The molecule has 0 aliphatic heterocycles. The van der Waals surface area contributed by atoms with Crippen LogP contribution in [-0.2, 0) is 0 Å². The Morgan fingerprint density at radius 3 is 2.14 bits per heavy atom. The van der Waals surface area contributed by atoms with Gasteiger partial charge in [-0.25, -0.2) is 0 Å². The lowest BCUT2D eigenvalue weighted by Crippen LogP contribution is -2.27. The van der Waals surface area contributed by atoms with E-state index in [9.17, 15) is 0 Å². The number of unbranched alkanes of at least 4 members (excludes halogenated alkanes) is 1. The van der Waals surface area contributed by atoms with Crippen LogP contribution in [-0.4, -0.2) is 12.6 Å². The van der Waals surface area contributed by atoms with Crippen molar-refractivity contribution < 1.29 is 0 Å². The number of nitrogens with one attached hydrogen (secondary N) is 1. The lowest BCUT2D eigenvalue weighted by Gasteiger charge is -2.19. The average Bonchev–Trinajstić information content (AvgIpc) is 2.08. The normalized spacial score (nSPS) is 14.4. The van der Waals surface area contributed by atoms with E-state index in [0.29, 0.717) is 5.41 Å². The van der Waals surface area contributed by atoms with E-state index in [1.807, 2.05) is 0 Å². The molecule has 14 heavy (non-hydrogen) atoms. The maximum atomic E-state index is 3.53. The Morgan fingerprint density at radius 2 is 1.71 bits per heavy atom. The van der Waals surface area contributed by atoms with Gasteiger partial charge >= 0.3 is 0 Å². The van der Waals surface area contributed by atoms with Gasteiger partial charge in [-0.1, -0.05) is 47.5 Å². The quantitative estimate of drug-likeness (QED) is 0.612. The first-order valence-corrected chi connectivity index (χ1v) is 6.23. The second kappa shape index (κ2) is 7.28. The van der Waals surface area contributed by atoms with Crippen LogP contribution in [0.25, 0.3) is 0 Å². The predicted octanol–water partition coefficient (Wildman–Crippen LogP) is 3.98. The second-order valence-electron chi connectivity index (χ2n) is 5.47. The summed E-state index contributed by atoms with van der Waals surface area (Å²) in [5, 5.41) is 3.53. The molecule has 0 rings (SSSR count). The zero-order valence-corrected chi connectivity index (χ0v) is 10.8. The molecule has 0 spiro atoms. The smallest absolute Gasteiger partial charge is 0.00643 e. The fourth-order valence-electron chi connectivity index (χ4n) is 1.79. The van der Waals surface area contributed by atoms with Gasteiger partial charge in [0, 0.05) is 6.04 Å². The molecule has 0 saturated heterocycles. The van der Waals surface area contributed by atoms with Crippen LogP contribution in [0, 0.1) is 5.41 Å². The van der Waals surface area contributed by atoms with Gasteiger partial charge in [0.2, 0.25) is 0 Å². The Labute approximate surface area is 90.7 Å². The van der Waals surface area contributed by atoms with Crippen molar-refractivity contribution in [1.29, 1.82) is 0 Å². The van der Waals surface area contributed by atoms with Gasteiger partial charge in [-0.3, -0.25) is 0 Å². The fraction of sp³-hybridized carbons (Fsp3) is 1.00. The van der Waals surface area contributed by atoms with Crippen molar-refractivity contribution in [2.75, 3.05) is 6.54 Å². The van der Waals surface area contributed by atoms with E-state index in [0.717, 1.165) is 12.6 Å². The van der Waals surface area contributed by atoms with E-state index < -0.39 is 0 Å². The third-order valence-electron chi connectivity index (χ3n) is 2.71. The van der Waals surface area contributed by atoms with Crippen LogP contribution in [0.5, 0.6) is 0 Å². The molecule has 0 aromatic rings. The van der Waals surface area contributed by atoms with E-state index in [-0.39, 0.29) is 0 Å². The van der Waals surface area contributed by atoms with E-state index >= 15 is 0 Å². The Morgan fingerprint density at radius 1 is 1.07 bits per heavy atom. The van der Waals surface area contributed by atoms with Crippen LogP contribution in [0.1, 0.15) is 66.7 Å². The summed E-state index contributed by atoms with van der Waals surface area (Å²) >= 11 is 0. The minimum Gasteiger partial charge on any atom is -0.314 e.